The highest BCUT2D eigenvalue weighted by Crippen LogP contribution is 2.24. The molecule has 3 N–H and O–H groups in total. The van der Waals surface area contributed by atoms with Crippen molar-refractivity contribution in [1.29, 1.82) is 0 Å². The molecule has 2 atom stereocenters. The molecule has 0 aromatic carbocycles. The molecule has 254 valence electrons. The first-order valence-corrected chi connectivity index (χ1v) is 19.6. The molecule has 0 radical (unpaired) electrons. The molecule has 0 fully saturated rings. The highest BCUT2D eigenvalue weighted by molar-refractivity contribution is 4.85. The van der Waals surface area contributed by atoms with Crippen molar-refractivity contribution in [2.45, 2.75) is 244 Å². The minimum absolute atomic E-state index is 0.328. The summed E-state index contributed by atoms with van der Waals surface area (Å²) in [5.41, 5.74) is -1.31. The van der Waals surface area contributed by atoms with Crippen molar-refractivity contribution in [3.63, 3.8) is 0 Å². The van der Waals surface area contributed by atoms with Gasteiger partial charge in [0.2, 0.25) is 0 Å². The predicted molar refractivity (Wildman–Crippen MR) is 186 cm³/mol. The van der Waals surface area contributed by atoms with E-state index in [0.717, 1.165) is 25.7 Å². The van der Waals surface area contributed by atoms with Gasteiger partial charge in [-0.1, -0.05) is 219 Å². The van der Waals surface area contributed by atoms with Gasteiger partial charge in [-0.05, 0) is 12.8 Å². The number of aliphatic hydroxyl groups is 3. The zero-order valence-electron chi connectivity index (χ0n) is 29.2. The molecule has 0 aromatic heterocycles. The Morgan fingerprint density at radius 2 is 0.619 bits per heavy atom. The average Bonchev–Trinajstić information content (AvgIpc) is 3.00. The summed E-state index contributed by atoms with van der Waals surface area (Å²) in [5, 5.41) is 31.2. The largest absolute Gasteiger partial charge is 0.393 e. The number of aliphatic hydroxyl groups excluding tert-OH is 2. The fourth-order valence-corrected chi connectivity index (χ4v) is 6.48. The average molecular weight is 597 g/mol. The first kappa shape index (κ1) is 41.9. The highest BCUT2D eigenvalue weighted by atomic mass is 16.4. The van der Waals surface area contributed by atoms with Gasteiger partial charge in [0.25, 0.3) is 0 Å². The maximum atomic E-state index is 10.8. The van der Waals surface area contributed by atoms with Crippen molar-refractivity contribution in [2.24, 2.45) is 0 Å². The standard InChI is InChI=1S/C39H80O3/c1-3-5-7-9-11-13-15-17-19-21-23-25-27-29-31-33-35-38(41)39(42,37-40)36-34-32-30-28-26-24-22-20-18-16-14-12-10-8-6-4-2/h38,40-42H,3-37H2,1-2H3. The van der Waals surface area contributed by atoms with Gasteiger partial charge in [0.05, 0.1) is 12.7 Å². The van der Waals surface area contributed by atoms with Crippen LogP contribution in [-0.4, -0.2) is 33.6 Å². The van der Waals surface area contributed by atoms with E-state index in [9.17, 15) is 15.3 Å². The summed E-state index contributed by atoms with van der Waals surface area (Å²) in [6, 6.07) is 0. The van der Waals surface area contributed by atoms with Crippen LogP contribution in [0.25, 0.3) is 0 Å². The van der Waals surface area contributed by atoms with E-state index < -0.39 is 11.7 Å². The maximum absolute atomic E-state index is 10.8. The summed E-state index contributed by atoms with van der Waals surface area (Å²) in [6.07, 6.45) is 42.9. The SMILES string of the molecule is CCCCCCCCCCCCCCCCCCC(O)C(O)(CO)CCCCCCCCCCCCCCCCCC. The molecule has 42 heavy (non-hydrogen) atoms. The highest BCUT2D eigenvalue weighted by Gasteiger charge is 2.33. The summed E-state index contributed by atoms with van der Waals surface area (Å²) < 4.78 is 0. The molecule has 0 aliphatic rings. The van der Waals surface area contributed by atoms with E-state index >= 15 is 0 Å². The van der Waals surface area contributed by atoms with E-state index in [1.54, 1.807) is 0 Å². The molecule has 0 aliphatic heterocycles. The Balaban J connectivity index is 3.51. The molecule has 0 rings (SSSR count). The summed E-state index contributed by atoms with van der Waals surface area (Å²) in [5.74, 6) is 0. The molecule has 0 aromatic rings. The molecule has 0 amide bonds. The second-order valence-corrected chi connectivity index (χ2v) is 13.9. The molecule has 2 unspecified atom stereocenters. The van der Waals surface area contributed by atoms with Gasteiger partial charge < -0.3 is 15.3 Å². The molecule has 0 aliphatic carbocycles. The summed E-state index contributed by atoms with van der Waals surface area (Å²) >= 11 is 0. The van der Waals surface area contributed by atoms with E-state index in [4.69, 9.17) is 0 Å². The zero-order valence-corrected chi connectivity index (χ0v) is 29.2. The molecule has 0 heterocycles. The molecule has 0 spiro atoms. The van der Waals surface area contributed by atoms with Gasteiger partial charge in [-0.2, -0.15) is 0 Å². The topological polar surface area (TPSA) is 60.7 Å². The van der Waals surface area contributed by atoms with E-state index in [2.05, 4.69) is 13.8 Å². The maximum Gasteiger partial charge on any atom is 0.113 e. The van der Waals surface area contributed by atoms with Crippen molar-refractivity contribution in [1.82, 2.24) is 0 Å². The van der Waals surface area contributed by atoms with E-state index in [1.807, 2.05) is 0 Å². The monoisotopic (exact) mass is 597 g/mol. The molecule has 0 saturated carbocycles. The first-order valence-electron chi connectivity index (χ1n) is 19.6. The Hall–Kier alpha value is -0.120. The van der Waals surface area contributed by atoms with Gasteiger partial charge in [0, 0.05) is 0 Å². The third-order valence-corrected chi connectivity index (χ3v) is 9.69. The second-order valence-electron chi connectivity index (χ2n) is 13.9. The van der Waals surface area contributed by atoms with E-state index in [1.165, 1.54) is 180 Å². The quantitative estimate of drug-likeness (QED) is 0.0630. The van der Waals surface area contributed by atoms with E-state index in [0.29, 0.717) is 12.8 Å². The van der Waals surface area contributed by atoms with Crippen LogP contribution in [0.5, 0.6) is 0 Å². The minimum atomic E-state index is -1.31. The van der Waals surface area contributed by atoms with Gasteiger partial charge in [-0.15, -0.1) is 0 Å². The molecular formula is C39H80O3. The van der Waals surface area contributed by atoms with Crippen molar-refractivity contribution < 1.29 is 15.3 Å². The van der Waals surface area contributed by atoms with Gasteiger partial charge in [-0.25, -0.2) is 0 Å². The van der Waals surface area contributed by atoms with Gasteiger partial charge in [-0.3, -0.25) is 0 Å². The normalized spacial score (nSPS) is 13.9. The van der Waals surface area contributed by atoms with Crippen molar-refractivity contribution >= 4 is 0 Å². The van der Waals surface area contributed by atoms with Crippen LogP contribution in [0.2, 0.25) is 0 Å². The van der Waals surface area contributed by atoms with Crippen LogP contribution in [0.4, 0.5) is 0 Å². The summed E-state index contributed by atoms with van der Waals surface area (Å²) in [7, 11) is 0. The van der Waals surface area contributed by atoms with Crippen molar-refractivity contribution in [3.05, 3.63) is 0 Å². The number of rotatable bonds is 36. The Morgan fingerprint density at radius 3 is 0.881 bits per heavy atom. The fraction of sp³-hybridized carbons (Fsp3) is 1.00. The number of unbranched alkanes of at least 4 members (excludes halogenated alkanes) is 30. The van der Waals surface area contributed by atoms with Crippen LogP contribution in [0.3, 0.4) is 0 Å². The lowest BCUT2D eigenvalue weighted by atomic mass is 9.87. The van der Waals surface area contributed by atoms with Crippen molar-refractivity contribution in [3.8, 4) is 0 Å². The fourth-order valence-electron chi connectivity index (χ4n) is 6.48. The van der Waals surface area contributed by atoms with Crippen LogP contribution in [0, 0.1) is 0 Å². The molecule has 0 bridgehead atoms. The Kier molecular flexibility index (Phi) is 33.7. The minimum Gasteiger partial charge on any atom is -0.393 e. The lowest BCUT2D eigenvalue weighted by Gasteiger charge is -2.31. The smallest absolute Gasteiger partial charge is 0.113 e. The van der Waals surface area contributed by atoms with E-state index in [-0.39, 0.29) is 6.61 Å². The number of hydrogen-bond acceptors (Lipinski definition) is 3. The lowest BCUT2D eigenvalue weighted by Crippen LogP contribution is -2.45. The second kappa shape index (κ2) is 33.8. The molecule has 3 nitrogen and oxygen atoms in total. The Bertz CT molecular complexity index is 496. The van der Waals surface area contributed by atoms with Crippen LogP contribution in [0.15, 0.2) is 0 Å². The first-order chi connectivity index (χ1) is 20.6. The van der Waals surface area contributed by atoms with Crippen LogP contribution < -0.4 is 0 Å². The summed E-state index contributed by atoms with van der Waals surface area (Å²) in [6.45, 7) is 4.24. The van der Waals surface area contributed by atoms with Crippen molar-refractivity contribution in [2.75, 3.05) is 6.61 Å². The summed E-state index contributed by atoms with van der Waals surface area (Å²) in [4.78, 5) is 0. The van der Waals surface area contributed by atoms with Crippen LogP contribution >= 0.6 is 0 Å². The van der Waals surface area contributed by atoms with Gasteiger partial charge in [0.15, 0.2) is 0 Å². The Labute approximate surface area is 265 Å². The molecular weight excluding hydrogens is 516 g/mol. The molecule has 3 heteroatoms. The third kappa shape index (κ3) is 28.6. The van der Waals surface area contributed by atoms with Gasteiger partial charge in [0.1, 0.15) is 5.60 Å². The molecule has 0 saturated heterocycles. The lowest BCUT2D eigenvalue weighted by molar-refractivity contribution is -0.114. The predicted octanol–water partition coefficient (Wildman–Crippen LogP) is 12.4. The van der Waals surface area contributed by atoms with Gasteiger partial charge >= 0.3 is 0 Å². The van der Waals surface area contributed by atoms with Crippen LogP contribution in [0.1, 0.15) is 232 Å². The zero-order chi connectivity index (χ0) is 30.8. The Morgan fingerprint density at radius 1 is 0.381 bits per heavy atom. The third-order valence-electron chi connectivity index (χ3n) is 9.69. The van der Waals surface area contributed by atoms with Crippen LogP contribution in [-0.2, 0) is 0 Å². The number of hydrogen-bond donors (Lipinski definition) is 3.